The summed E-state index contributed by atoms with van der Waals surface area (Å²) in [6.07, 6.45) is 0.299. The molecule has 0 saturated heterocycles. The van der Waals surface area contributed by atoms with Crippen molar-refractivity contribution < 1.29 is 13.6 Å². The van der Waals surface area contributed by atoms with Crippen molar-refractivity contribution in [3.05, 3.63) is 12.4 Å². The van der Waals surface area contributed by atoms with Crippen LogP contribution in [0.15, 0.2) is 12.4 Å². The average molecular weight is 274 g/mol. The Labute approximate surface area is 111 Å². The van der Waals surface area contributed by atoms with Crippen LogP contribution >= 0.6 is 0 Å². The number of halogens is 2. The van der Waals surface area contributed by atoms with Gasteiger partial charge in [0.25, 0.3) is 6.43 Å². The molecule has 0 aromatic carbocycles. The summed E-state index contributed by atoms with van der Waals surface area (Å²) in [5.41, 5.74) is 0.424. The number of nitrogens with zero attached hydrogens (tertiary/aromatic N) is 3. The highest BCUT2D eigenvalue weighted by atomic mass is 19.3. The third kappa shape index (κ3) is 5.23. The number of carbonyl (C=O) groups excluding carboxylic acids is 1. The molecule has 1 N–H and O–H groups in total. The minimum atomic E-state index is -2.46. The fraction of sp³-hybridized carbons (Fsp3) is 0.667. The lowest BCUT2D eigenvalue weighted by Gasteiger charge is -2.22. The van der Waals surface area contributed by atoms with Gasteiger partial charge in [0, 0.05) is 19.3 Å². The van der Waals surface area contributed by atoms with Crippen LogP contribution in [-0.2, 0) is 6.54 Å². The Bertz CT molecular complexity index is 406. The number of carbonyl (C=O) groups is 1. The molecule has 0 unspecified atom stereocenters. The van der Waals surface area contributed by atoms with Gasteiger partial charge in [-0.25, -0.2) is 13.6 Å². The van der Waals surface area contributed by atoms with Crippen molar-refractivity contribution in [2.24, 2.45) is 5.92 Å². The van der Waals surface area contributed by atoms with Gasteiger partial charge >= 0.3 is 6.03 Å². The highest BCUT2D eigenvalue weighted by Crippen LogP contribution is 2.09. The van der Waals surface area contributed by atoms with Crippen LogP contribution < -0.4 is 5.32 Å². The van der Waals surface area contributed by atoms with E-state index in [2.05, 4.69) is 10.4 Å². The Morgan fingerprint density at radius 2 is 2.21 bits per heavy atom. The van der Waals surface area contributed by atoms with Crippen molar-refractivity contribution in [2.75, 3.05) is 18.4 Å². The molecule has 0 atom stereocenters. The van der Waals surface area contributed by atoms with Crippen LogP contribution in [0.3, 0.4) is 0 Å². The summed E-state index contributed by atoms with van der Waals surface area (Å²) in [5, 5.41) is 6.41. The molecule has 0 radical (unpaired) electrons. The van der Waals surface area contributed by atoms with E-state index in [0.29, 0.717) is 24.7 Å². The summed E-state index contributed by atoms with van der Waals surface area (Å²) in [7, 11) is 0. The summed E-state index contributed by atoms with van der Waals surface area (Å²) in [5.74, 6) is 0.368. The number of aromatic nitrogens is 2. The van der Waals surface area contributed by atoms with Crippen molar-refractivity contribution in [1.82, 2.24) is 14.7 Å². The van der Waals surface area contributed by atoms with E-state index in [1.165, 1.54) is 12.4 Å². The van der Waals surface area contributed by atoms with Crippen LogP contribution in [0.5, 0.6) is 0 Å². The summed E-state index contributed by atoms with van der Waals surface area (Å²) in [6.45, 7) is 6.71. The van der Waals surface area contributed by atoms with E-state index in [1.54, 1.807) is 4.90 Å². The molecule has 0 aliphatic heterocycles. The maximum Gasteiger partial charge on any atom is 0.321 e. The number of hydrogen-bond acceptors (Lipinski definition) is 2. The predicted octanol–water partition coefficient (Wildman–Crippen LogP) is 2.66. The molecule has 1 heterocycles. The minimum absolute atomic E-state index is 0.243. The monoisotopic (exact) mass is 274 g/mol. The summed E-state index contributed by atoms with van der Waals surface area (Å²) < 4.78 is 25.4. The third-order valence-corrected chi connectivity index (χ3v) is 2.46. The lowest BCUT2D eigenvalue weighted by molar-refractivity contribution is 0.122. The van der Waals surface area contributed by atoms with E-state index in [4.69, 9.17) is 0 Å². The molecule has 0 aliphatic rings. The second-order valence-electron chi connectivity index (χ2n) is 4.70. The molecule has 0 fully saturated rings. The second-order valence-corrected chi connectivity index (χ2v) is 4.70. The molecule has 108 valence electrons. The first-order chi connectivity index (χ1) is 8.92. The van der Waals surface area contributed by atoms with Gasteiger partial charge in [-0.1, -0.05) is 13.8 Å². The van der Waals surface area contributed by atoms with Crippen LogP contribution in [0.4, 0.5) is 19.3 Å². The number of nitrogens with one attached hydrogen (secondary N) is 1. The van der Waals surface area contributed by atoms with Crippen molar-refractivity contribution >= 4 is 11.7 Å². The zero-order chi connectivity index (χ0) is 14.4. The molecule has 0 bridgehead atoms. The van der Waals surface area contributed by atoms with E-state index in [0.717, 1.165) is 4.68 Å². The predicted molar refractivity (Wildman–Crippen MR) is 69.3 cm³/mol. The van der Waals surface area contributed by atoms with Gasteiger partial charge in [-0.2, -0.15) is 5.10 Å². The van der Waals surface area contributed by atoms with Gasteiger partial charge < -0.3 is 10.2 Å². The van der Waals surface area contributed by atoms with Crippen LogP contribution in [-0.4, -0.2) is 40.2 Å². The van der Waals surface area contributed by atoms with Crippen molar-refractivity contribution in [3.8, 4) is 0 Å². The second kappa shape index (κ2) is 7.06. The van der Waals surface area contributed by atoms with Crippen LogP contribution in [0.1, 0.15) is 20.8 Å². The largest absolute Gasteiger partial charge is 0.325 e. The molecule has 0 saturated carbocycles. The number of amides is 2. The van der Waals surface area contributed by atoms with Crippen molar-refractivity contribution in [1.29, 1.82) is 0 Å². The molecule has 5 nitrogen and oxygen atoms in total. The Morgan fingerprint density at radius 3 is 2.74 bits per heavy atom. The van der Waals surface area contributed by atoms with Crippen LogP contribution in [0, 0.1) is 5.92 Å². The third-order valence-electron chi connectivity index (χ3n) is 2.46. The van der Waals surface area contributed by atoms with Gasteiger partial charge in [0.15, 0.2) is 0 Å². The number of alkyl halides is 2. The maximum atomic E-state index is 12.2. The van der Waals surface area contributed by atoms with Gasteiger partial charge in [-0.05, 0) is 12.8 Å². The van der Waals surface area contributed by atoms with Crippen molar-refractivity contribution in [3.63, 3.8) is 0 Å². The van der Waals surface area contributed by atoms with Crippen molar-refractivity contribution in [2.45, 2.75) is 33.7 Å². The molecule has 0 spiro atoms. The molecular formula is C12H20F2N4O. The fourth-order valence-electron chi connectivity index (χ4n) is 1.67. The van der Waals surface area contributed by atoms with E-state index in [9.17, 15) is 13.6 Å². The minimum Gasteiger partial charge on any atom is -0.325 e. The van der Waals surface area contributed by atoms with Crippen LogP contribution in [0.25, 0.3) is 0 Å². The van der Waals surface area contributed by atoms with Gasteiger partial charge in [-0.3, -0.25) is 4.68 Å². The summed E-state index contributed by atoms with van der Waals surface area (Å²) in [6, 6.07) is -0.243. The maximum absolute atomic E-state index is 12.2. The molecule has 0 aliphatic carbocycles. The lowest BCUT2D eigenvalue weighted by Crippen LogP contribution is -2.37. The van der Waals surface area contributed by atoms with Gasteiger partial charge in [0.1, 0.15) is 6.54 Å². The Hall–Kier alpha value is -1.66. The highest BCUT2D eigenvalue weighted by Gasteiger charge is 2.14. The summed E-state index contributed by atoms with van der Waals surface area (Å²) in [4.78, 5) is 13.6. The van der Waals surface area contributed by atoms with E-state index >= 15 is 0 Å². The quantitative estimate of drug-likeness (QED) is 0.867. The Kier molecular flexibility index (Phi) is 5.72. The lowest BCUT2D eigenvalue weighted by atomic mass is 10.2. The highest BCUT2D eigenvalue weighted by molar-refractivity contribution is 5.88. The normalized spacial score (nSPS) is 11.1. The number of anilines is 1. The SMILES string of the molecule is CCN(CC(C)C)C(=O)Nc1cnn(CC(F)F)c1. The molecule has 7 heteroatoms. The van der Waals surface area contributed by atoms with Gasteiger partial charge in [0.05, 0.1) is 11.9 Å². The zero-order valence-corrected chi connectivity index (χ0v) is 11.4. The number of hydrogen-bond donors (Lipinski definition) is 1. The Balaban J connectivity index is 2.57. The molecule has 1 aromatic heterocycles. The molecule has 1 rings (SSSR count). The standard InChI is InChI=1S/C12H20F2N4O/c1-4-17(6-9(2)3)12(19)16-10-5-15-18(7-10)8-11(13)14/h5,7,9,11H,4,6,8H2,1-3H3,(H,16,19). The average Bonchev–Trinajstić information content (AvgIpc) is 2.71. The fourth-order valence-corrected chi connectivity index (χ4v) is 1.67. The van der Waals surface area contributed by atoms with E-state index < -0.39 is 13.0 Å². The smallest absolute Gasteiger partial charge is 0.321 e. The van der Waals surface area contributed by atoms with E-state index in [1.807, 2.05) is 20.8 Å². The number of rotatable bonds is 6. The summed E-state index contributed by atoms with van der Waals surface area (Å²) >= 11 is 0. The first-order valence-electron chi connectivity index (χ1n) is 6.28. The van der Waals surface area contributed by atoms with Gasteiger partial charge in [-0.15, -0.1) is 0 Å². The zero-order valence-electron chi connectivity index (χ0n) is 11.4. The van der Waals surface area contributed by atoms with Gasteiger partial charge in [0.2, 0.25) is 0 Å². The molecular weight excluding hydrogens is 254 g/mol. The molecule has 19 heavy (non-hydrogen) atoms. The Morgan fingerprint density at radius 1 is 1.53 bits per heavy atom. The van der Waals surface area contributed by atoms with Crippen LogP contribution in [0.2, 0.25) is 0 Å². The first kappa shape index (κ1) is 15.4. The van der Waals surface area contributed by atoms with E-state index in [-0.39, 0.29) is 6.03 Å². The molecule has 1 aromatic rings. The number of urea groups is 1. The topological polar surface area (TPSA) is 50.2 Å². The molecule has 2 amide bonds. The first-order valence-corrected chi connectivity index (χ1v) is 6.28.